The molecule has 0 saturated heterocycles. The van der Waals surface area contributed by atoms with Gasteiger partial charge in [0.25, 0.3) is 0 Å². The van der Waals surface area contributed by atoms with Crippen LogP contribution in [0.2, 0.25) is 0 Å². The third-order valence-electron chi connectivity index (χ3n) is 4.50. The largest absolute Gasteiger partial charge is 0.508 e. The predicted octanol–water partition coefficient (Wildman–Crippen LogP) is 2.48. The van der Waals surface area contributed by atoms with E-state index in [4.69, 9.17) is 0 Å². The highest BCUT2D eigenvalue weighted by molar-refractivity contribution is 5.26. The topological polar surface area (TPSA) is 67.8 Å². The molecule has 2 rings (SSSR count). The minimum atomic E-state index is -0.142. The van der Waals surface area contributed by atoms with Crippen molar-refractivity contribution in [1.29, 1.82) is 0 Å². The van der Waals surface area contributed by atoms with E-state index >= 15 is 0 Å². The number of nitrogens with one attached hydrogen (secondary N) is 2. The van der Waals surface area contributed by atoms with Crippen LogP contribution in [0.3, 0.4) is 0 Å². The summed E-state index contributed by atoms with van der Waals surface area (Å²) < 4.78 is 0. The molecule has 25 heavy (non-hydrogen) atoms. The SMILES string of the molecule is Cc1ccc(C(CNCC(Cc2ccc(O)cc2)N(C)C)NO)cc1. The van der Waals surface area contributed by atoms with Crippen LogP contribution < -0.4 is 10.8 Å². The molecule has 0 heterocycles. The van der Waals surface area contributed by atoms with E-state index in [0.29, 0.717) is 18.3 Å². The van der Waals surface area contributed by atoms with Gasteiger partial charge in [0.1, 0.15) is 5.75 Å². The number of hydrogen-bond donors (Lipinski definition) is 4. The average Bonchev–Trinajstić information content (AvgIpc) is 2.60. The molecule has 136 valence electrons. The van der Waals surface area contributed by atoms with Crippen LogP contribution in [0.25, 0.3) is 0 Å². The van der Waals surface area contributed by atoms with Gasteiger partial charge >= 0.3 is 0 Å². The molecule has 0 aliphatic heterocycles. The Labute approximate surface area is 150 Å². The van der Waals surface area contributed by atoms with E-state index in [9.17, 15) is 10.3 Å². The number of aryl methyl sites for hydroxylation is 1. The van der Waals surface area contributed by atoms with Crippen LogP contribution >= 0.6 is 0 Å². The molecule has 0 spiro atoms. The summed E-state index contributed by atoms with van der Waals surface area (Å²) in [6, 6.07) is 15.7. The van der Waals surface area contributed by atoms with Gasteiger partial charge in [-0.15, -0.1) is 0 Å². The van der Waals surface area contributed by atoms with Gasteiger partial charge in [-0.25, -0.2) is 0 Å². The molecule has 0 aliphatic carbocycles. The third kappa shape index (κ3) is 6.14. The predicted molar refractivity (Wildman–Crippen MR) is 101 cm³/mol. The molecule has 4 N–H and O–H groups in total. The Balaban J connectivity index is 1.89. The number of benzene rings is 2. The number of rotatable bonds is 9. The van der Waals surface area contributed by atoms with E-state index in [1.54, 1.807) is 12.1 Å². The lowest BCUT2D eigenvalue weighted by Crippen LogP contribution is -2.41. The van der Waals surface area contributed by atoms with Gasteiger partial charge in [-0.1, -0.05) is 42.0 Å². The molecule has 2 atom stereocenters. The molecular weight excluding hydrogens is 314 g/mol. The van der Waals surface area contributed by atoms with Gasteiger partial charge < -0.3 is 20.5 Å². The van der Waals surface area contributed by atoms with E-state index in [0.717, 1.165) is 18.5 Å². The minimum absolute atomic E-state index is 0.142. The maximum atomic E-state index is 9.46. The van der Waals surface area contributed by atoms with Crippen LogP contribution in [0.5, 0.6) is 5.75 Å². The number of phenolic OH excluding ortho intramolecular Hbond substituents is 1. The minimum Gasteiger partial charge on any atom is -0.508 e. The summed E-state index contributed by atoms with van der Waals surface area (Å²) in [5.41, 5.74) is 5.84. The Kier molecular flexibility index (Phi) is 7.40. The number of hydroxylamine groups is 1. The van der Waals surface area contributed by atoms with Gasteiger partial charge in [0.05, 0.1) is 6.04 Å². The van der Waals surface area contributed by atoms with Crippen molar-refractivity contribution >= 4 is 0 Å². The lowest BCUT2D eigenvalue weighted by molar-refractivity contribution is 0.123. The highest BCUT2D eigenvalue weighted by atomic mass is 16.5. The molecule has 0 bridgehead atoms. The summed E-state index contributed by atoms with van der Waals surface area (Å²) in [6.45, 7) is 3.49. The first-order chi connectivity index (χ1) is 12.0. The molecule has 0 fully saturated rings. The normalized spacial score (nSPS) is 13.8. The maximum Gasteiger partial charge on any atom is 0.115 e. The van der Waals surface area contributed by atoms with Crippen molar-refractivity contribution in [3.63, 3.8) is 0 Å². The van der Waals surface area contributed by atoms with Crippen molar-refractivity contribution in [2.45, 2.75) is 25.4 Å². The van der Waals surface area contributed by atoms with Gasteiger partial charge in [-0.3, -0.25) is 0 Å². The lowest BCUT2D eigenvalue weighted by atomic mass is 10.0. The molecular formula is C20H29N3O2. The van der Waals surface area contributed by atoms with Crippen LogP contribution in [-0.2, 0) is 6.42 Å². The van der Waals surface area contributed by atoms with Crippen molar-refractivity contribution in [1.82, 2.24) is 15.7 Å². The highest BCUT2D eigenvalue weighted by Crippen LogP contribution is 2.14. The Bertz CT molecular complexity index is 626. The molecule has 2 aromatic rings. The molecule has 5 heteroatoms. The zero-order valence-corrected chi connectivity index (χ0v) is 15.2. The van der Waals surface area contributed by atoms with E-state index in [2.05, 4.69) is 36.7 Å². The van der Waals surface area contributed by atoms with Gasteiger partial charge in [0, 0.05) is 19.1 Å². The average molecular weight is 343 g/mol. The summed E-state index contributed by atoms with van der Waals surface area (Å²) >= 11 is 0. The summed E-state index contributed by atoms with van der Waals surface area (Å²) in [4.78, 5) is 2.19. The Morgan fingerprint density at radius 3 is 2.16 bits per heavy atom. The highest BCUT2D eigenvalue weighted by Gasteiger charge is 2.14. The fourth-order valence-electron chi connectivity index (χ4n) is 2.77. The first kappa shape index (κ1) is 19.4. The fourth-order valence-corrected chi connectivity index (χ4v) is 2.77. The molecule has 5 nitrogen and oxygen atoms in total. The van der Waals surface area contributed by atoms with Gasteiger partial charge in [-0.2, -0.15) is 5.48 Å². The first-order valence-electron chi connectivity index (χ1n) is 8.61. The Morgan fingerprint density at radius 1 is 0.960 bits per heavy atom. The van der Waals surface area contributed by atoms with Crippen molar-refractivity contribution < 1.29 is 10.3 Å². The van der Waals surface area contributed by atoms with Gasteiger partial charge in [0.2, 0.25) is 0 Å². The van der Waals surface area contributed by atoms with Crippen LogP contribution in [0, 0.1) is 6.92 Å². The summed E-state index contributed by atoms with van der Waals surface area (Å²) in [6.07, 6.45) is 0.891. The van der Waals surface area contributed by atoms with Gasteiger partial charge in [0.15, 0.2) is 0 Å². The first-order valence-corrected chi connectivity index (χ1v) is 8.61. The van der Waals surface area contributed by atoms with Crippen molar-refractivity contribution in [2.24, 2.45) is 0 Å². The summed E-state index contributed by atoms with van der Waals surface area (Å²) in [7, 11) is 4.13. The third-order valence-corrected chi connectivity index (χ3v) is 4.50. The number of phenols is 1. The van der Waals surface area contributed by atoms with E-state index < -0.39 is 0 Å². The van der Waals surface area contributed by atoms with Crippen molar-refractivity contribution in [3.8, 4) is 5.75 Å². The summed E-state index contributed by atoms with van der Waals surface area (Å²) in [5.74, 6) is 0.290. The van der Waals surface area contributed by atoms with Crippen molar-refractivity contribution in [2.75, 3.05) is 27.2 Å². The number of nitrogens with zero attached hydrogens (tertiary/aromatic N) is 1. The van der Waals surface area contributed by atoms with Crippen LogP contribution in [0.1, 0.15) is 22.7 Å². The second-order valence-corrected chi connectivity index (χ2v) is 6.74. The molecule has 0 radical (unpaired) electrons. The summed E-state index contributed by atoms with van der Waals surface area (Å²) in [5, 5.41) is 22.3. The Morgan fingerprint density at radius 2 is 1.60 bits per heavy atom. The van der Waals surface area contributed by atoms with E-state index in [1.807, 2.05) is 36.4 Å². The molecule has 0 saturated carbocycles. The Hall–Kier alpha value is -1.92. The fraction of sp³-hybridized carbons (Fsp3) is 0.400. The number of hydrogen-bond acceptors (Lipinski definition) is 5. The maximum absolute atomic E-state index is 9.46. The van der Waals surface area contributed by atoms with Crippen LogP contribution in [0.4, 0.5) is 0 Å². The molecule has 2 aromatic carbocycles. The smallest absolute Gasteiger partial charge is 0.115 e. The number of likely N-dealkylation sites (N-methyl/N-ethyl adjacent to an activating group) is 1. The van der Waals surface area contributed by atoms with E-state index in [1.165, 1.54) is 11.1 Å². The quantitative estimate of drug-likeness (QED) is 0.527. The monoisotopic (exact) mass is 343 g/mol. The zero-order chi connectivity index (χ0) is 18.2. The number of aromatic hydroxyl groups is 1. The molecule has 0 aromatic heterocycles. The van der Waals surface area contributed by atoms with Crippen LogP contribution in [-0.4, -0.2) is 48.4 Å². The molecule has 0 aliphatic rings. The van der Waals surface area contributed by atoms with Crippen LogP contribution in [0.15, 0.2) is 48.5 Å². The molecule has 0 amide bonds. The lowest BCUT2D eigenvalue weighted by Gasteiger charge is -2.26. The standard InChI is InChI=1S/C20H29N3O2/c1-15-4-8-17(9-5-15)20(22-25)14-21-13-18(23(2)3)12-16-6-10-19(24)11-7-16/h4-11,18,20-22,24-25H,12-14H2,1-3H3. The van der Waals surface area contributed by atoms with Crippen molar-refractivity contribution in [3.05, 3.63) is 65.2 Å². The molecule has 2 unspecified atom stereocenters. The second kappa shape index (κ2) is 9.53. The second-order valence-electron chi connectivity index (χ2n) is 6.74. The van der Waals surface area contributed by atoms with E-state index in [-0.39, 0.29) is 6.04 Å². The zero-order valence-electron chi connectivity index (χ0n) is 15.2. The van der Waals surface area contributed by atoms with Gasteiger partial charge in [-0.05, 0) is 50.7 Å².